The van der Waals surface area contributed by atoms with Crippen LogP contribution in [0.2, 0.25) is 0 Å². The predicted octanol–water partition coefficient (Wildman–Crippen LogP) is 4.98. The van der Waals surface area contributed by atoms with E-state index in [1.165, 1.54) is 33.5 Å². The summed E-state index contributed by atoms with van der Waals surface area (Å²) in [7, 11) is 2.20. The van der Waals surface area contributed by atoms with Gasteiger partial charge in [-0.2, -0.15) is 0 Å². The van der Waals surface area contributed by atoms with E-state index in [9.17, 15) is 0 Å². The quantitative estimate of drug-likeness (QED) is 0.724. The molecular weight excluding hydrogens is 280 g/mol. The van der Waals surface area contributed by atoms with Crippen molar-refractivity contribution >= 4 is 11.3 Å². The molecule has 1 aliphatic rings. The lowest BCUT2D eigenvalue weighted by Crippen LogP contribution is -2.44. The second-order valence-electron chi connectivity index (χ2n) is 6.97. The number of anilines is 1. The summed E-state index contributed by atoms with van der Waals surface area (Å²) in [6.07, 6.45) is 1.11. The maximum atomic E-state index is 2.49. The fraction of sp³-hybridized carbons (Fsp3) is 0.524. The fourth-order valence-electron chi connectivity index (χ4n) is 3.26. The standard InChI is InChI=1S/C21H32N2/c1-7-17(4)18(5)21(16(2)3)19-8-10-20(11-9-19)23-14-12-22(6)13-15-23/h8-11H,7,12-15H2,1-6H3/b18-17+. The summed E-state index contributed by atoms with van der Waals surface area (Å²) in [5.41, 5.74) is 8.40. The number of hydrogen-bond donors (Lipinski definition) is 0. The van der Waals surface area contributed by atoms with Gasteiger partial charge in [-0.25, -0.2) is 0 Å². The van der Waals surface area contributed by atoms with Gasteiger partial charge < -0.3 is 9.80 Å². The van der Waals surface area contributed by atoms with Crippen molar-refractivity contribution in [1.29, 1.82) is 0 Å². The van der Waals surface area contributed by atoms with Crippen LogP contribution in [0.25, 0.3) is 5.57 Å². The molecule has 0 radical (unpaired) electrons. The van der Waals surface area contributed by atoms with E-state index in [4.69, 9.17) is 0 Å². The molecule has 1 saturated heterocycles. The first-order chi connectivity index (χ1) is 10.9. The van der Waals surface area contributed by atoms with Crippen molar-refractivity contribution in [2.45, 2.75) is 41.0 Å². The fourth-order valence-corrected chi connectivity index (χ4v) is 3.26. The minimum absolute atomic E-state index is 1.11. The van der Waals surface area contributed by atoms with E-state index < -0.39 is 0 Å². The van der Waals surface area contributed by atoms with Gasteiger partial charge >= 0.3 is 0 Å². The monoisotopic (exact) mass is 312 g/mol. The maximum Gasteiger partial charge on any atom is 0.0367 e. The highest BCUT2D eigenvalue weighted by atomic mass is 15.2. The third-order valence-electron chi connectivity index (χ3n) is 5.07. The highest BCUT2D eigenvalue weighted by Crippen LogP contribution is 2.31. The minimum atomic E-state index is 1.11. The van der Waals surface area contributed by atoms with Gasteiger partial charge in [-0.05, 0) is 70.0 Å². The first-order valence-corrected chi connectivity index (χ1v) is 8.82. The van der Waals surface area contributed by atoms with Crippen molar-refractivity contribution in [3.05, 3.63) is 46.5 Å². The molecule has 23 heavy (non-hydrogen) atoms. The SMILES string of the molecule is CC/C(C)=C(\C)C(=C(C)C)c1ccc(N2CCN(C)CC2)cc1. The number of hydrogen-bond acceptors (Lipinski definition) is 2. The highest BCUT2D eigenvalue weighted by molar-refractivity contribution is 5.81. The summed E-state index contributed by atoms with van der Waals surface area (Å²) in [6, 6.07) is 9.17. The summed E-state index contributed by atoms with van der Waals surface area (Å²) in [4.78, 5) is 4.89. The van der Waals surface area contributed by atoms with E-state index in [0.29, 0.717) is 0 Å². The molecule has 0 aliphatic carbocycles. The molecule has 1 aliphatic heterocycles. The second kappa shape index (κ2) is 7.83. The summed E-state index contributed by atoms with van der Waals surface area (Å²) in [5.74, 6) is 0. The maximum absolute atomic E-state index is 2.49. The van der Waals surface area contributed by atoms with Gasteiger partial charge in [0.25, 0.3) is 0 Å². The van der Waals surface area contributed by atoms with E-state index in [2.05, 4.69) is 75.7 Å². The van der Waals surface area contributed by atoms with Gasteiger partial charge in [0, 0.05) is 31.9 Å². The Balaban J connectivity index is 2.25. The smallest absolute Gasteiger partial charge is 0.0367 e. The van der Waals surface area contributed by atoms with Gasteiger partial charge in [-0.1, -0.05) is 30.2 Å². The van der Waals surface area contributed by atoms with Crippen molar-refractivity contribution in [3.63, 3.8) is 0 Å². The molecule has 0 spiro atoms. The van der Waals surface area contributed by atoms with Crippen LogP contribution in [-0.2, 0) is 0 Å². The van der Waals surface area contributed by atoms with E-state index in [1.54, 1.807) is 0 Å². The molecule has 0 bridgehead atoms. The highest BCUT2D eigenvalue weighted by Gasteiger charge is 2.15. The molecule has 1 aromatic rings. The van der Waals surface area contributed by atoms with Crippen molar-refractivity contribution < 1.29 is 0 Å². The zero-order valence-electron chi connectivity index (χ0n) is 15.7. The Hall–Kier alpha value is -1.54. The first-order valence-electron chi connectivity index (χ1n) is 8.82. The molecule has 0 N–H and O–H groups in total. The molecule has 2 rings (SSSR count). The van der Waals surface area contributed by atoms with Crippen molar-refractivity contribution in [2.24, 2.45) is 0 Å². The molecule has 126 valence electrons. The average Bonchev–Trinajstić information content (AvgIpc) is 2.55. The summed E-state index contributed by atoms with van der Waals surface area (Å²) < 4.78 is 0. The summed E-state index contributed by atoms with van der Waals surface area (Å²) in [5, 5.41) is 0. The number of likely N-dealkylation sites (N-methyl/N-ethyl adjacent to an activating group) is 1. The number of benzene rings is 1. The minimum Gasteiger partial charge on any atom is -0.369 e. The Morgan fingerprint density at radius 3 is 1.96 bits per heavy atom. The van der Waals surface area contributed by atoms with Crippen LogP contribution >= 0.6 is 0 Å². The predicted molar refractivity (Wildman–Crippen MR) is 103 cm³/mol. The molecule has 2 heteroatoms. The zero-order chi connectivity index (χ0) is 17.0. The van der Waals surface area contributed by atoms with Gasteiger partial charge in [-0.3, -0.25) is 0 Å². The molecule has 2 nitrogen and oxygen atoms in total. The Labute approximate surface area is 142 Å². The molecule has 1 fully saturated rings. The Morgan fingerprint density at radius 1 is 0.913 bits per heavy atom. The molecule has 0 unspecified atom stereocenters. The van der Waals surface area contributed by atoms with Gasteiger partial charge in [0.2, 0.25) is 0 Å². The lowest BCUT2D eigenvalue weighted by molar-refractivity contribution is 0.313. The van der Waals surface area contributed by atoms with Crippen LogP contribution in [0.4, 0.5) is 5.69 Å². The Kier molecular flexibility index (Phi) is 6.06. The number of piperazine rings is 1. The van der Waals surface area contributed by atoms with E-state index in [0.717, 1.165) is 32.6 Å². The van der Waals surface area contributed by atoms with Gasteiger partial charge in [0.1, 0.15) is 0 Å². The third-order valence-corrected chi connectivity index (χ3v) is 5.07. The largest absolute Gasteiger partial charge is 0.369 e. The van der Waals surface area contributed by atoms with E-state index in [1.807, 2.05) is 0 Å². The van der Waals surface area contributed by atoms with Crippen LogP contribution in [0.5, 0.6) is 0 Å². The zero-order valence-corrected chi connectivity index (χ0v) is 15.7. The van der Waals surface area contributed by atoms with E-state index in [-0.39, 0.29) is 0 Å². The lowest BCUT2D eigenvalue weighted by atomic mass is 9.91. The number of rotatable bonds is 4. The number of allylic oxidation sites excluding steroid dienone is 4. The summed E-state index contributed by atoms with van der Waals surface area (Å²) in [6.45, 7) is 15.7. The molecule has 0 saturated carbocycles. The van der Waals surface area contributed by atoms with Crippen LogP contribution in [0, 0.1) is 0 Å². The topological polar surface area (TPSA) is 6.48 Å². The average molecular weight is 313 g/mol. The second-order valence-corrected chi connectivity index (χ2v) is 6.97. The van der Waals surface area contributed by atoms with Crippen LogP contribution < -0.4 is 4.90 Å². The molecular formula is C21H32N2. The van der Waals surface area contributed by atoms with E-state index >= 15 is 0 Å². The van der Waals surface area contributed by atoms with Crippen LogP contribution in [0.1, 0.15) is 46.6 Å². The first kappa shape index (κ1) is 17.8. The van der Waals surface area contributed by atoms with Crippen molar-refractivity contribution in [1.82, 2.24) is 4.90 Å². The Morgan fingerprint density at radius 2 is 1.48 bits per heavy atom. The van der Waals surface area contributed by atoms with Crippen molar-refractivity contribution in [3.8, 4) is 0 Å². The number of nitrogens with zero attached hydrogens (tertiary/aromatic N) is 2. The van der Waals surface area contributed by atoms with Crippen LogP contribution in [-0.4, -0.2) is 38.1 Å². The summed E-state index contributed by atoms with van der Waals surface area (Å²) >= 11 is 0. The molecule has 1 aromatic carbocycles. The molecule has 0 atom stereocenters. The van der Waals surface area contributed by atoms with Gasteiger partial charge in [0.15, 0.2) is 0 Å². The van der Waals surface area contributed by atoms with Crippen LogP contribution in [0.3, 0.4) is 0 Å². The van der Waals surface area contributed by atoms with Crippen LogP contribution in [0.15, 0.2) is 41.0 Å². The lowest BCUT2D eigenvalue weighted by Gasteiger charge is -2.34. The molecule has 0 aromatic heterocycles. The van der Waals surface area contributed by atoms with Gasteiger partial charge in [0.05, 0.1) is 0 Å². The Bertz CT molecular complexity index is 581. The van der Waals surface area contributed by atoms with Crippen molar-refractivity contribution in [2.75, 3.05) is 38.1 Å². The molecule has 0 amide bonds. The molecule has 1 heterocycles. The van der Waals surface area contributed by atoms with Gasteiger partial charge in [-0.15, -0.1) is 0 Å². The third kappa shape index (κ3) is 4.26. The normalized spacial score (nSPS) is 17.0.